The number of nitrogens with zero attached hydrogens (tertiary/aromatic N) is 1. The van der Waals surface area contributed by atoms with Gasteiger partial charge in [0, 0.05) is 18.5 Å². The molecule has 0 spiro atoms. The molecule has 2 saturated heterocycles. The third-order valence-electron chi connectivity index (χ3n) is 5.80. The maximum Gasteiger partial charge on any atom is 0.253 e. The van der Waals surface area contributed by atoms with E-state index in [1.165, 1.54) is 0 Å². The van der Waals surface area contributed by atoms with Crippen molar-refractivity contribution in [3.8, 4) is 5.75 Å². The Labute approximate surface area is 177 Å². The van der Waals surface area contributed by atoms with Crippen LogP contribution in [0, 0.1) is 6.92 Å². The number of ether oxygens (including phenoxy) is 3. The van der Waals surface area contributed by atoms with Crippen molar-refractivity contribution in [3.05, 3.63) is 65.2 Å². The summed E-state index contributed by atoms with van der Waals surface area (Å²) >= 11 is 0. The van der Waals surface area contributed by atoms with E-state index in [1.807, 2.05) is 36.1 Å². The van der Waals surface area contributed by atoms with Crippen molar-refractivity contribution in [3.63, 3.8) is 0 Å². The molecule has 2 fully saturated rings. The summed E-state index contributed by atoms with van der Waals surface area (Å²) in [5.74, 6) is 0.646. The molecule has 2 heterocycles. The number of piperidine rings is 1. The van der Waals surface area contributed by atoms with Crippen LogP contribution in [-0.4, -0.2) is 54.1 Å². The first-order valence-corrected chi connectivity index (χ1v) is 10.3. The molecule has 2 atom stereocenters. The van der Waals surface area contributed by atoms with Crippen LogP contribution in [0.5, 0.6) is 5.75 Å². The smallest absolute Gasteiger partial charge is 0.253 e. The Kier molecular flexibility index (Phi) is 5.57. The van der Waals surface area contributed by atoms with Gasteiger partial charge in [-0.05, 0) is 50.1 Å². The van der Waals surface area contributed by atoms with Crippen LogP contribution in [0.4, 0.5) is 0 Å². The predicted octanol–water partition coefficient (Wildman–Crippen LogP) is 3.26. The molecule has 2 aromatic carbocycles. The minimum atomic E-state index is -0.913. The largest absolute Gasteiger partial charge is 0.490 e. The Balaban J connectivity index is 1.47. The molecule has 0 unspecified atom stereocenters. The fourth-order valence-electron chi connectivity index (χ4n) is 4.17. The fraction of sp³-hybridized carbons (Fsp3) is 0.458. The molecule has 30 heavy (non-hydrogen) atoms. The van der Waals surface area contributed by atoms with E-state index in [2.05, 4.69) is 12.1 Å². The third-order valence-corrected chi connectivity index (χ3v) is 5.80. The number of amides is 1. The number of likely N-dealkylation sites (tertiary alicyclic amines) is 1. The molecule has 0 aromatic heterocycles. The summed E-state index contributed by atoms with van der Waals surface area (Å²) in [5, 5.41) is 9.85. The van der Waals surface area contributed by atoms with Crippen molar-refractivity contribution in [1.82, 2.24) is 4.90 Å². The highest BCUT2D eigenvalue weighted by Gasteiger charge is 2.51. The molecule has 1 N–H and O–H groups in total. The van der Waals surface area contributed by atoms with Gasteiger partial charge in [-0.1, -0.05) is 30.3 Å². The van der Waals surface area contributed by atoms with Gasteiger partial charge in [0.1, 0.15) is 30.9 Å². The van der Waals surface area contributed by atoms with E-state index in [-0.39, 0.29) is 25.4 Å². The van der Waals surface area contributed by atoms with Gasteiger partial charge >= 0.3 is 0 Å². The predicted molar refractivity (Wildman–Crippen MR) is 112 cm³/mol. The van der Waals surface area contributed by atoms with Gasteiger partial charge in [0.25, 0.3) is 5.91 Å². The summed E-state index contributed by atoms with van der Waals surface area (Å²) in [6, 6.07) is 15.5. The van der Waals surface area contributed by atoms with E-state index < -0.39 is 11.2 Å². The van der Waals surface area contributed by atoms with Crippen molar-refractivity contribution in [2.75, 3.05) is 26.5 Å². The first kappa shape index (κ1) is 20.8. The minimum Gasteiger partial charge on any atom is -0.490 e. The number of carbonyl (C=O) groups excluding carboxylic acids is 1. The molecule has 6 nitrogen and oxygen atoms in total. The van der Waals surface area contributed by atoms with Gasteiger partial charge in [-0.15, -0.1) is 0 Å². The van der Waals surface area contributed by atoms with E-state index >= 15 is 0 Å². The van der Waals surface area contributed by atoms with E-state index in [0.717, 1.165) is 11.1 Å². The van der Waals surface area contributed by atoms with Gasteiger partial charge in [-0.3, -0.25) is 4.79 Å². The van der Waals surface area contributed by atoms with Crippen LogP contribution < -0.4 is 4.74 Å². The zero-order valence-electron chi connectivity index (χ0n) is 17.8. The van der Waals surface area contributed by atoms with Crippen LogP contribution in [0.2, 0.25) is 0 Å². The highest BCUT2D eigenvalue weighted by atomic mass is 16.7. The standard InChI is InChI=1S/C24H29NO5/c1-17-13-18(9-10-20(17)28-15-23(2,3)27)22(26)25-12-11-24(19-7-5-4-6-8-19)21(14-25)29-16-30-24/h4-10,13,21,27H,11-12,14-16H2,1-3H3/t21-,24+/m1/s1. The normalized spacial score (nSPS) is 23.9. The third kappa shape index (κ3) is 4.08. The van der Waals surface area contributed by atoms with Crippen LogP contribution in [0.3, 0.4) is 0 Å². The van der Waals surface area contributed by atoms with Crippen LogP contribution >= 0.6 is 0 Å². The lowest BCUT2D eigenvalue weighted by Gasteiger charge is -2.42. The number of hydrogen-bond acceptors (Lipinski definition) is 5. The molecule has 1 amide bonds. The maximum atomic E-state index is 13.2. The van der Waals surface area contributed by atoms with Gasteiger partial charge in [-0.2, -0.15) is 0 Å². The zero-order chi connectivity index (χ0) is 21.4. The highest BCUT2D eigenvalue weighted by molar-refractivity contribution is 5.94. The second kappa shape index (κ2) is 8.02. The second-order valence-corrected chi connectivity index (χ2v) is 8.76. The van der Waals surface area contributed by atoms with Crippen molar-refractivity contribution in [2.45, 2.75) is 44.5 Å². The summed E-state index contributed by atoms with van der Waals surface area (Å²) in [4.78, 5) is 15.0. The number of fused-ring (bicyclic) bond motifs is 1. The first-order chi connectivity index (χ1) is 14.3. The van der Waals surface area contributed by atoms with Crippen LogP contribution in [0.25, 0.3) is 0 Å². The van der Waals surface area contributed by atoms with Crippen LogP contribution in [0.15, 0.2) is 48.5 Å². The van der Waals surface area contributed by atoms with Crippen molar-refractivity contribution in [2.24, 2.45) is 0 Å². The molecule has 0 saturated carbocycles. The highest BCUT2D eigenvalue weighted by Crippen LogP contribution is 2.42. The minimum absolute atomic E-state index is 0.0238. The number of benzene rings is 2. The monoisotopic (exact) mass is 411 g/mol. The Morgan fingerprint density at radius 2 is 2.03 bits per heavy atom. The van der Waals surface area contributed by atoms with Gasteiger partial charge in [-0.25, -0.2) is 0 Å². The van der Waals surface area contributed by atoms with E-state index in [0.29, 0.717) is 30.8 Å². The van der Waals surface area contributed by atoms with Gasteiger partial charge in [0.2, 0.25) is 0 Å². The summed E-state index contributed by atoms with van der Waals surface area (Å²) in [6.45, 7) is 6.82. The summed E-state index contributed by atoms with van der Waals surface area (Å²) in [7, 11) is 0. The lowest BCUT2D eigenvalue weighted by Crippen LogP contribution is -2.53. The van der Waals surface area contributed by atoms with Crippen molar-refractivity contribution < 1.29 is 24.1 Å². The SMILES string of the molecule is Cc1cc(C(=O)N2CC[C@@]3(c4ccccc4)OCO[C@@H]3C2)ccc1OCC(C)(C)O. The van der Waals surface area contributed by atoms with Crippen LogP contribution in [-0.2, 0) is 15.1 Å². The Morgan fingerprint density at radius 3 is 2.73 bits per heavy atom. The lowest BCUT2D eigenvalue weighted by molar-refractivity contribution is -0.0439. The average molecular weight is 411 g/mol. The second-order valence-electron chi connectivity index (χ2n) is 8.76. The molecular weight excluding hydrogens is 382 g/mol. The number of carbonyl (C=O) groups is 1. The Bertz CT molecular complexity index is 908. The summed E-state index contributed by atoms with van der Waals surface area (Å²) < 4.78 is 17.6. The van der Waals surface area contributed by atoms with E-state index in [4.69, 9.17) is 14.2 Å². The molecule has 2 aliphatic rings. The molecule has 2 aliphatic heterocycles. The quantitative estimate of drug-likeness (QED) is 0.818. The van der Waals surface area contributed by atoms with E-state index in [9.17, 15) is 9.90 Å². The summed E-state index contributed by atoms with van der Waals surface area (Å²) in [5.41, 5.74) is 1.19. The van der Waals surface area contributed by atoms with Crippen LogP contribution in [0.1, 0.15) is 41.8 Å². The fourth-order valence-corrected chi connectivity index (χ4v) is 4.17. The van der Waals surface area contributed by atoms with Crippen molar-refractivity contribution in [1.29, 1.82) is 0 Å². The topological polar surface area (TPSA) is 68.2 Å². The maximum absolute atomic E-state index is 13.2. The number of aryl methyl sites for hydroxylation is 1. The molecule has 4 rings (SSSR count). The van der Waals surface area contributed by atoms with Gasteiger partial charge in [0.15, 0.2) is 0 Å². The number of rotatable bonds is 5. The first-order valence-electron chi connectivity index (χ1n) is 10.3. The molecule has 0 radical (unpaired) electrons. The molecule has 6 heteroatoms. The molecule has 0 aliphatic carbocycles. The number of aliphatic hydroxyl groups is 1. The molecule has 160 valence electrons. The molecular formula is C24H29NO5. The molecule has 2 aromatic rings. The van der Waals surface area contributed by atoms with Crippen molar-refractivity contribution >= 4 is 5.91 Å². The Hall–Kier alpha value is -2.41. The molecule has 0 bridgehead atoms. The average Bonchev–Trinajstić information content (AvgIpc) is 3.16. The lowest BCUT2D eigenvalue weighted by atomic mass is 9.82. The number of hydrogen-bond donors (Lipinski definition) is 1. The zero-order valence-corrected chi connectivity index (χ0v) is 17.8. The van der Waals surface area contributed by atoms with E-state index in [1.54, 1.807) is 26.0 Å². The Morgan fingerprint density at radius 1 is 1.27 bits per heavy atom. The van der Waals surface area contributed by atoms with Gasteiger partial charge < -0.3 is 24.2 Å². The summed E-state index contributed by atoms with van der Waals surface area (Å²) in [6.07, 6.45) is 0.507. The van der Waals surface area contributed by atoms with Gasteiger partial charge in [0.05, 0.1) is 12.1 Å².